The van der Waals surface area contributed by atoms with Gasteiger partial charge in [0.1, 0.15) is 5.75 Å². The van der Waals surface area contributed by atoms with E-state index in [0.29, 0.717) is 11.6 Å². The average Bonchev–Trinajstić information content (AvgIpc) is 3.10. The van der Waals surface area contributed by atoms with Gasteiger partial charge < -0.3 is 10.0 Å². The molecule has 1 N–H and O–H groups in total. The predicted octanol–water partition coefficient (Wildman–Crippen LogP) is 2.83. The highest BCUT2D eigenvalue weighted by molar-refractivity contribution is 5.97. The Morgan fingerprint density at radius 3 is 2.59 bits per heavy atom. The zero-order valence-electron chi connectivity index (χ0n) is 10.6. The van der Waals surface area contributed by atoms with E-state index in [4.69, 9.17) is 0 Å². The van der Waals surface area contributed by atoms with Crippen LogP contribution < -0.4 is 4.90 Å². The molecule has 2 rings (SSSR count). The van der Waals surface area contributed by atoms with Crippen LogP contribution in [0.25, 0.3) is 0 Å². The maximum atomic E-state index is 11.2. The summed E-state index contributed by atoms with van der Waals surface area (Å²) in [6.45, 7) is 3.67. The minimum Gasteiger partial charge on any atom is -0.507 e. The van der Waals surface area contributed by atoms with Crippen molar-refractivity contribution in [2.45, 2.75) is 32.7 Å². The number of nitrogens with zero attached hydrogens (tertiary/aromatic N) is 1. The van der Waals surface area contributed by atoms with Gasteiger partial charge >= 0.3 is 0 Å². The third-order valence-electron chi connectivity index (χ3n) is 3.68. The van der Waals surface area contributed by atoms with Gasteiger partial charge in [-0.25, -0.2) is 0 Å². The molecule has 1 unspecified atom stereocenters. The van der Waals surface area contributed by atoms with E-state index in [0.717, 1.165) is 11.6 Å². The second-order valence-electron chi connectivity index (χ2n) is 4.95. The molecule has 1 saturated carbocycles. The number of benzene rings is 1. The van der Waals surface area contributed by atoms with Gasteiger partial charge in [-0.2, -0.15) is 0 Å². The molecule has 0 heterocycles. The number of carbonyl (C=O) groups excluding carboxylic acids is 1. The predicted molar refractivity (Wildman–Crippen MR) is 68.7 cm³/mol. The highest BCUT2D eigenvalue weighted by Crippen LogP contribution is 2.37. The SMILES string of the molecule is CC(=O)c1ccc(N(C)C(C)C2CC2)cc1O. The van der Waals surface area contributed by atoms with Gasteiger partial charge in [0, 0.05) is 24.8 Å². The smallest absolute Gasteiger partial charge is 0.163 e. The molecule has 1 aliphatic carbocycles. The number of ketones is 1. The normalized spacial score (nSPS) is 16.6. The molecule has 1 aliphatic rings. The Labute approximate surface area is 102 Å². The van der Waals surface area contributed by atoms with Crippen molar-refractivity contribution in [3.05, 3.63) is 23.8 Å². The molecule has 92 valence electrons. The Bertz CT molecular complexity index is 438. The van der Waals surface area contributed by atoms with Crippen molar-refractivity contribution in [3.63, 3.8) is 0 Å². The second-order valence-corrected chi connectivity index (χ2v) is 4.95. The number of Topliss-reactive ketones (excluding diaryl/α,β-unsaturated/α-hetero) is 1. The van der Waals surface area contributed by atoms with Gasteiger partial charge in [0.2, 0.25) is 0 Å². The fourth-order valence-electron chi connectivity index (χ4n) is 2.17. The molecule has 0 spiro atoms. The molecule has 0 bridgehead atoms. The zero-order chi connectivity index (χ0) is 12.6. The van der Waals surface area contributed by atoms with Gasteiger partial charge in [-0.05, 0) is 44.7 Å². The van der Waals surface area contributed by atoms with E-state index in [2.05, 4.69) is 11.8 Å². The average molecular weight is 233 g/mol. The molecule has 0 radical (unpaired) electrons. The molecule has 0 aliphatic heterocycles. The lowest BCUT2D eigenvalue weighted by Crippen LogP contribution is -2.30. The molecule has 1 atom stereocenters. The molecular weight excluding hydrogens is 214 g/mol. The molecule has 3 heteroatoms. The number of hydrogen-bond acceptors (Lipinski definition) is 3. The first-order valence-electron chi connectivity index (χ1n) is 6.07. The molecule has 0 amide bonds. The van der Waals surface area contributed by atoms with Crippen LogP contribution in [-0.2, 0) is 0 Å². The highest BCUT2D eigenvalue weighted by Gasteiger charge is 2.30. The third kappa shape index (κ3) is 2.43. The van der Waals surface area contributed by atoms with Crippen molar-refractivity contribution in [1.82, 2.24) is 0 Å². The van der Waals surface area contributed by atoms with Crippen LogP contribution in [0.5, 0.6) is 5.75 Å². The van der Waals surface area contributed by atoms with E-state index in [9.17, 15) is 9.90 Å². The lowest BCUT2D eigenvalue weighted by molar-refractivity contribution is 0.101. The van der Waals surface area contributed by atoms with Crippen LogP contribution in [0.1, 0.15) is 37.0 Å². The minimum atomic E-state index is -0.105. The van der Waals surface area contributed by atoms with Crippen molar-refractivity contribution < 1.29 is 9.90 Å². The molecule has 1 fully saturated rings. The van der Waals surface area contributed by atoms with Crippen molar-refractivity contribution >= 4 is 11.5 Å². The fourth-order valence-corrected chi connectivity index (χ4v) is 2.17. The van der Waals surface area contributed by atoms with Gasteiger partial charge in [-0.3, -0.25) is 4.79 Å². The van der Waals surface area contributed by atoms with Crippen LogP contribution in [0.4, 0.5) is 5.69 Å². The van der Waals surface area contributed by atoms with Crippen LogP contribution in [0.15, 0.2) is 18.2 Å². The van der Waals surface area contributed by atoms with Gasteiger partial charge in [-0.1, -0.05) is 0 Å². The first-order chi connectivity index (χ1) is 8.00. The van der Waals surface area contributed by atoms with Crippen molar-refractivity contribution in [2.24, 2.45) is 5.92 Å². The van der Waals surface area contributed by atoms with Crippen molar-refractivity contribution in [3.8, 4) is 5.75 Å². The molecule has 0 saturated heterocycles. The number of anilines is 1. The second kappa shape index (κ2) is 4.40. The lowest BCUT2D eigenvalue weighted by Gasteiger charge is -2.27. The topological polar surface area (TPSA) is 40.5 Å². The number of aromatic hydroxyl groups is 1. The van der Waals surface area contributed by atoms with E-state index < -0.39 is 0 Å². The van der Waals surface area contributed by atoms with Gasteiger partial charge in [0.25, 0.3) is 0 Å². The maximum Gasteiger partial charge on any atom is 0.163 e. The summed E-state index contributed by atoms with van der Waals surface area (Å²) in [5.74, 6) is 0.742. The summed E-state index contributed by atoms with van der Waals surface area (Å²) >= 11 is 0. The first-order valence-corrected chi connectivity index (χ1v) is 6.07. The molecule has 1 aromatic carbocycles. The number of phenolic OH excluding ortho intramolecular Hbond substituents is 1. The van der Waals surface area contributed by atoms with Crippen LogP contribution in [0.2, 0.25) is 0 Å². The summed E-state index contributed by atoms with van der Waals surface area (Å²) in [4.78, 5) is 13.4. The minimum absolute atomic E-state index is 0.0739. The third-order valence-corrected chi connectivity index (χ3v) is 3.68. The Balaban J connectivity index is 2.21. The van der Waals surface area contributed by atoms with Gasteiger partial charge in [0.05, 0.1) is 5.56 Å². The molecule has 3 nitrogen and oxygen atoms in total. The van der Waals surface area contributed by atoms with Crippen molar-refractivity contribution in [1.29, 1.82) is 0 Å². The Morgan fingerprint density at radius 2 is 2.12 bits per heavy atom. The van der Waals surface area contributed by atoms with E-state index in [1.165, 1.54) is 19.8 Å². The van der Waals surface area contributed by atoms with Gasteiger partial charge in [0.15, 0.2) is 5.78 Å². The Hall–Kier alpha value is -1.51. The highest BCUT2D eigenvalue weighted by atomic mass is 16.3. The van der Waals surface area contributed by atoms with E-state index in [-0.39, 0.29) is 11.5 Å². The van der Waals surface area contributed by atoms with E-state index >= 15 is 0 Å². The standard InChI is InChI=1S/C14H19NO2/c1-9(11-4-5-11)15(3)12-6-7-13(10(2)16)14(17)8-12/h6-9,11,17H,4-5H2,1-3H3. The molecular formula is C14H19NO2. The molecule has 0 aromatic heterocycles. The van der Waals surface area contributed by atoms with Crippen LogP contribution >= 0.6 is 0 Å². The number of phenols is 1. The quantitative estimate of drug-likeness (QED) is 0.813. The zero-order valence-corrected chi connectivity index (χ0v) is 10.6. The largest absolute Gasteiger partial charge is 0.507 e. The summed E-state index contributed by atoms with van der Waals surface area (Å²) in [6, 6.07) is 5.76. The maximum absolute atomic E-state index is 11.2. The lowest BCUT2D eigenvalue weighted by atomic mass is 10.1. The van der Waals surface area contributed by atoms with Gasteiger partial charge in [-0.15, -0.1) is 0 Å². The number of hydrogen-bond donors (Lipinski definition) is 1. The molecule has 17 heavy (non-hydrogen) atoms. The monoisotopic (exact) mass is 233 g/mol. The number of rotatable bonds is 4. The van der Waals surface area contributed by atoms with Crippen molar-refractivity contribution in [2.75, 3.05) is 11.9 Å². The Kier molecular flexibility index (Phi) is 3.09. The molecule has 1 aromatic rings. The summed E-state index contributed by atoms with van der Waals surface area (Å²) in [5, 5.41) is 9.80. The summed E-state index contributed by atoms with van der Waals surface area (Å²) in [7, 11) is 2.03. The van der Waals surface area contributed by atoms with Crippen LogP contribution in [0.3, 0.4) is 0 Å². The summed E-state index contributed by atoms with van der Waals surface area (Å²) in [5.41, 5.74) is 1.35. The van der Waals surface area contributed by atoms with Crippen LogP contribution in [0, 0.1) is 5.92 Å². The summed E-state index contributed by atoms with van der Waals surface area (Å²) in [6.07, 6.45) is 2.59. The fraction of sp³-hybridized carbons (Fsp3) is 0.500. The van der Waals surface area contributed by atoms with Crippen LogP contribution in [-0.4, -0.2) is 24.0 Å². The van der Waals surface area contributed by atoms with E-state index in [1.54, 1.807) is 12.1 Å². The van der Waals surface area contributed by atoms with E-state index in [1.807, 2.05) is 13.1 Å². The summed E-state index contributed by atoms with van der Waals surface area (Å²) < 4.78 is 0. The Morgan fingerprint density at radius 1 is 1.47 bits per heavy atom. The number of carbonyl (C=O) groups is 1. The first kappa shape index (κ1) is 12.0.